The van der Waals surface area contributed by atoms with Crippen molar-refractivity contribution in [3.8, 4) is 5.75 Å². The summed E-state index contributed by atoms with van der Waals surface area (Å²) in [6.07, 6.45) is 1.87. The molecule has 0 bridgehead atoms. The minimum atomic E-state index is 0.0124. The third kappa shape index (κ3) is 2.36. The predicted octanol–water partition coefficient (Wildman–Crippen LogP) is 2.52. The molecule has 0 spiro atoms. The molecule has 0 fully saturated rings. The van der Waals surface area contributed by atoms with Gasteiger partial charge in [-0.25, -0.2) is 0 Å². The van der Waals surface area contributed by atoms with Gasteiger partial charge in [0, 0.05) is 6.04 Å². The number of methoxy groups -OCH3 is 1. The number of benzene rings is 1. The molecule has 0 heterocycles. The standard InChI is InChI=1S/C12H17NO/c1-4-9(2)12(13)10-5-7-11(14-3)8-6-10/h4-9,12H,1,13H2,2-3H3/t9-,12?/m1/s1. The Morgan fingerprint density at radius 3 is 2.36 bits per heavy atom. The van der Waals surface area contributed by atoms with Crippen molar-refractivity contribution in [3.63, 3.8) is 0 Å². The zero-order valence-corrected chi connectivity index (χ0v) is 8.73. The molecule has 0 saturated heterocycles. The molecular weight excluding hydrogens is 174 g/mol. The van der Waals surface area contributed by atoms with Crippen molar-refractivity contribution < 1.29 is 4.74 Å². The molecular formula is C12H17NO. The van der Waals surface area contributed by atoms with E-state index in [1.165, 1.54) is 0 Å². The highest BCUT2D eigenvalue weighted by Gasteiger charge is 2.11. The summed E-state index contributed by atoms with van der Waals surface area (Å²) in [5.74, 6) is 1.13. The van der Waals surface area contributed by atoms with Gasteiger partial charge in [-0.15, -0.1) is 6.58 Å². The van der Waals surface area contributed by atoms with E-state index < -0.39 is 0 Å². The second kappa shape index (κ2) is 4.82. The lowest BCUT2D eigenvalue weighted by molar-refractivity contribution is 0.414. The van der Waals surface area contributed by atoms with E-state index in [2.05, 4.69) is 13.5 Å². The van der Waals surface area contributed by atoms with Gasteiger partial charge in [-0.05, 0) is 23.6 Å². The molecule has 0 aliphatic rings. The Morgan fingerprint density at radius 2 is 1.93 bits per heavy atom. The van der Waals surface area contributed by atoms with Gasteiger partial charge in [0.25, 0.3) is 0 Å². The maximum Gasteiger partial charge on any atom is 0.118 e. The van der Waals surface area contributed by atoms with Crippen LogP contribution >= 0.6 is 0 Å². The molecule has 1 rings (SSSR count). The van der Waals surface area contributed by atoms with Crippen LogP contribution in [0, 0.1) is 5.92 Å². The van der Waals surface area contributed by atoms with E-state index in [1.54, 1.807) is 7.11 Å². The van der Waals surface area contributed by atoms with E-state index in [1.807, 2.05) is 30.3 Å². The molecule has 0 radical (unpaired) electrons. The number of rotatable bonds is 4. The van der Waals surface area contributed by atoms with Gasteiger partial charge in [-0.1, -0.05) is 25.1 Å². The molecule has 1 unspecified atom stereocenters. The minimum absolute atomic E-state index is 0.0124. The monoisotopic (exact) mass is 191 g/mol. The van der Waals surface area contributed by atoms with Crippen molar-refractivity contribution >= 4 is 0 Å². The largest absolute Gasteiger partial charge is 0.497 e. The fraction of sp³-hybridized carbons (Fsp3) is 0.333. The lowest BCUT2D eigenvalue weighted by atomic mass is 9.95. The molecule has 14 heavy (non-hydrogen) atoms. The molecule has 1 aromatic rings. The van der Waals surface area contributed by atoms with Crippen molar-refractivity contribution in [2.45, 2.75) is 13.0 Å². The van der Waals surface area contributed by atoms with Gasteiger partial charge in [0.2, 0.25) is 0 Å². The maximum absolute atomic E-state index is 6.03. The molecule has 2 atom stereocenters. The molecule has 0 aromatic heterocycles. The summed E-state index contributed by atoms with van der Waals surface area (Å²) in [7, 11) is 1.65. The number of ether oxygens (including phenoxy) is 1. The van der Waals surface area contributed by atoms with Crippen molar-refractivity contribution in [1.82, 2.24) is 0 Å². The predicted molar refractivity (Wildman–Crippen MR) is 59.3 cm³/mol. The van der Waals surface area contributed by atoms with E-state index in [0.717, 1.165) is 11.3 Å². The van der Waals surface area contributed by atoms with Crippen molar-refractivity contribution in [1.29, 1.82) is 0 Å². The van der Waals surface area contributed by atoms with E-state index in [4.69, 9.17) is 10.5 Å². The molecule has 0 aliphatic heterocycles. The quantitative estimate of drug-likeness (QED) is 0.742. The Bertz CT molecular complexity index is 292. The highest BCUT2D eigenvalue weighted by atomic mass is 16.5. The second-order valence-corrected chi connectivity index (χ2v) is 3.39. The van der Waals surface area contributed by atoms with E-state index in [0.29, 0.717) is 0 Å². The normalized spacial score (nSPS) is 14.5. The Labute approximate surface area is 85.4 Å². The van der Waals surface area contributed by atoms with Crippen LogP contribution in [0.5, 0.6) is 5.75 Å². The highest BCUT2D eigenvalue weighted by molar-refractivity contribution is 5.29. The molecule has 76 valence electrons. The van der Waals surface area contributed by atoms with Crippen LogP contribution in [0.2, 0.25) is 0 Å². The summed E-state index contributed by atoms with van der Waals surface area (Å²) in [6, 6.07) is 7.83. The molecule has 0 aliphatic carbocycles. The number of nitrogens with two attached hydrogens (primary N) is 1. The van der Waals surface area contributed by atoms with Crippen molar-refractivity contribution in [2.24, 2.45) is 11.7 Å². The second-order valence-electron chi connectivity index (χ2n) is 3.39. The molecule has 2 nitrogen and oxygen atoms in total. The SMILES string of the molecule is C=C[C@@H](C)C(N)c1ccc(OC)cc1. The topological polar surface area (TPSA) is 35.2 Å². The lowest BCUT2D eigenvalue weighted by Gasteiger charge is -2.16. The van der Waals surface area contributed by atoms with E-state index in [9.17, 15) is 0 Å². The molecule has 0 amide bonds. The first-order valence-electron chi connectivity index (χ1n) is 4.71. The Balaban J connectivity index is 2.80. The van der Waals surface area contributed by atoms with Gasteiger partial charge in [-0.2, -0.15) is 0 Å². The summed E-state index contributed by atoms with van der Waals surface area (Å²) >= 11 is 0. The first-order valence-corrected chi connectivity index (χ1v) is 4.71. The fourth-order valence-electron chi connectivity index (χ4n) is 1.28. The van der Waals surface area contributed by atoms with Gasteiger partial charge in [0.1, 0.15) is 5.75 Å². The summed E-state index contributed by atoms with van der Waals surface area (Å²) in [4.78, 5) is 0. The van der Waals surface area contributed by atoms with E-state index >= 15 is 0 Å². The highest BCUT2D eigenvalue weighted by Crippen LogP contribution is 2.22. The van der Waals surface area contributed by atoms with Crippen LogP contribution < -0.4 is 10.5 Å². The Hall–Kier alpha value is -1.28. The summed E-state index contributed by atoms with van der Waals surface area (Å²) < 4.78 is 5.07. The zero-order valence-electron chi connectivity index (χ0n) is 8.73. The van der Waals surface area contributed by atoms with Crippen LogP contribution in [0.4, 0.5) is 0 Å². The molecule has 2 N–H and O–H groups in total. The van der Waals surface area contributed by atoms with Gasteiger partial charge in [0.05, 0.1) is 7.11 Å². The van der Waals surface area contributed by atoms with Crippen molar-refractivity contribution in [3.05, 3.63) is 42.5 Å². The average Bonchev–Trinajstić information content (AvgIpc) is 2.27. The Morgan fingerprint density at radius 1 is 1.36 bits per heavy atom. The zero-order chi connectivity index (χ0) is 10.6. The molecule has 2 heteroatoms. The first-order chi connectivity index (χ1) is 6.69. The summed E-state index contributed by atoms with van der Waals surface area (Å²) in [6.45, 7) is 5.79. The van der Waals surface area contributed by atoms with E-state index in [-0.39, 0.29) is 12.0 Å². The van der Waals surface area contributed by atoms with Crippen LogP contribution in [0.1, 0.15) is 18.5 Å². The molecule has 0 saturated carbocycles. The third-order valence-corrected chi connectivity index (χ3v) is 2.44. The van der Waals surface area contributed by atoms with Crippen LogP contribution in [0.3, 0.4) is 0 Å². The third-order valence-electron chi connectivity index (χ3n) is 2.44. The van der Waals surface area contributed by atoms with Crippen LogP contribution in [-0.2, 0) is 0 Å². The van der Waals surface area contributed by atoms with Gasteiger partial charge in [0.15, 0.2) is 0 Å². The lowest BCUT2D eigenvalue weighted by Crippen LogP contribution is -2.17. The Kier molecular flexibility index (Phi) is 3.72. The minimum Gasteiger partial charge on any atom is -0.497 e. The van der Waals surface area contributed by atoms with Gasteiger partial charge >= 0.3 is 0 Å². The summed E-state index contributed by atoms with van der Waals surface area (Å²) in [5.41, 5.74) is 7.14. The van der Waals surface area contributed by atoms with Crippen LogP contribution in [0.15, 0.2) is 36.9 Å². The number of hydrogen-bond acceptors (Lipinski definition) is 2. The summed E-state index contributed by atoms with van der Waals surface area (Å²) in [5, 5.41) is 0. The maximum atomic E-state index is 6.03. The van der Waals surface area contributed by atoms with Crippen LogP contribution in [0.25, 0.3) is 0 Å². The molecule has 1 aromatic carbocycles. The first kappa shape index (κ1) is 10.8. The van der Waals surface area contributed by atoms with Crippen molar-refractivity contribution in [2.75, 3.05) is 7.11 Å². The smallest absolute Gasteiger partial charge is 0.118 e. The van der Waals surface area contributed by atoms with Gasteiger partial charge in [-0.3, -0.25) is 0 Å². The number of hydrogen-bond donors (Lipinski definition) is 1. The fourth-order valence-corrected chi connectivity index (χ4v) is 1.28. The average molecular weight is 191 g/mol. The van der Waals surface area contributed by atoms with Crippen LogP contribution in [-0.4, -0.2) is 7.11 Å². The van der Waals surface area contributed by atoms with Gasteiger partial charge < -0.3 is 10.5 Å².